The van der Waals surface area contributed by atoms with E-state index in [0.29, 0.717) is 21.7 Å². The molecule has 1 N–H and O–H groups in total. The second kappa shape index (κ2) is 8.43. The molecular formula is C20H23NO5S. The lowest BCUT2D eigenvalue weighted by molar-refractivity contribution is -0.146. The number of carbonyl (C=O) groups is 4. The number of hydrogen-bond acceptors (Lipinski definition) is 6. The third kappa shape index (κ3) is 4.80. The van der Waals surface area contributed by atoms with E-state index in [2.05, 4.69) is 4.98 Å². The van der Waals surface area contributed by atoms with Crippen molar-refractivity contribution >= 4 is 34.7 Å². The van der Waals surface area contributed by atoms with E-state index in [4.69, 9.17) is 4.74 Å². The number of esters is 1. The van der Waals surface area contributed by atoms with Gasteiger partial charge in [0.25, 0.3) is 0 Å². The summed E-state index contributed by atoms with van der Waals surface area (Å²) in [6.45, 7) is 8.23. The van der Waals surface area contributed by atoms with Gasteiger partial charge in [-0.05, 0) is 52.3 Å². The summed E-state index contributed by atoms with van der Waals surface area (Å²) in [7, 11) is 0. The van der Waals surface area contributed by atoms with Crippen molar-refractivity contribution in [3.05, 3.63) is 44.4 Å². The Morgan fingerprint density at radius 2 is 1.78 bits per heavy atom. The van der Waals surface area contributed by atoms with E-state index < -0.39 is 17.9 Å². The molecule has 0 radical (unpaired) electrons. The van der Waals surface area contributed by atoms with E-state index in [1.165, 1.54) is 25.2 Å². The molecule has 0 spiro atoms. The summed E-state index contributed by atoms with van der Waals surface area (Å²) in [5.74, 6) is -1.26. The second-order valence-electron chi connectivity index (χ2n) is 6.51. The first-order valence-corrected chi connectivity index (χ1v) is 9.46. The molecule has 0 aliphatic rings. The van der Waals surface area contributed by atoms with Crippen molar-refractivity contribution < 1.29 is 23.9 Å². The van der Waals surface area contributed by atoms with Gasteiger partial charge >= 0.3 is 5.97 Å². The van der Waals surface area contributed by atoms with E-state index in [1.54, 1.807) is 19.9 Å². The minimum atomic E-state index is -1.01. The molecular weight excluding hydrogens is 366 g/mol. The lowest BCUT2D eigenvalue weighted by Gasteiger charge is -2.12. The van der Waals surface area contributed by atoms with E-state index >= 15 is 0 Å². The molecule has 0 unspecified atom stereocenters. The number of ketones is 3. The van der Waals surface area contributed by atoms with Crippen molar-refractivity contribution in [2.45, 2.75) is 53.6 Å². The van der Waals surface area contributed by atoms with Crippen LogP contribution in [0.4, 0.5) is 0 Å². The minimum absolute atomic E-state index is 0.0365. The van der Waals surface area contributed by atoms with Crippen molar-refractivity contribution in [1.29, 1.82) is 0 Å². The highest BCUT2D eigenvalue weighted by molar-refractivity contribution is 7.14. The van der Waals surface area contributed by atoms with E-state index in [9.17, 15) is 19.2 Å². The zero-order valence-corrected chi connectivity index (χ0v) is 16.9. The number of aromatic nitrogens is 1. The van der Waals surface area contributed by atoms with Crippen LogP contribution >= 0.6 is 11.3 Å². The molecule has 0 aromatic carbocycles. The Bertz CT molecular complexity index is 906. The Kier molecular flexibility index (Phi) is 6.49. The predicted octanol–water partition coefficient (Wildman–Crippen LogP) is 3.98. The van der Waals surface area contributed by atoms with Crippen LogP contribution in [0.3, 0.4) is 0 Å². The fraction of sp³-hybridized carbons (Fsp3) is 0.400. The van der Waals surface area contributed by atoms with Crippen LogP contribution in [0, 0.1) is 20.8 Å². The predicted molar refractivity (Wildman–Crippen MR) is 103 cm³/mol. The molecule has 0 saturated carbocycles. The van der Waals surface area contributed by atoms with Crippen molar-refractivity contribution in [2.24, 2.45) is 0 Å². The number of hydrogen-bond donors (Lipinski definition) is 1. The van der Waals surface area contributed by atoms with Gasteiger partial charge in [-0.25, -0.2) is 0 Å². The number of carbonyl (C=O) groups excluding carboxylic acids is 4. The van der Waals surface area contributed by atoms with E-state index in [-0.39, 0.29) is 30.1 Å². The van der Waals surface area contributed by atoms with Crippen molar-refractivity contribution in [1.82, 2.24) is 4.98 Å². The third-order valence-electron chi connectivity index (χ3n) is 4.28. The SMILES string of the molecule is CC(=O)c1c(C)[nH]c(C(=O)[C@@H](C)OC(=O)CCC(=O)c2ccc(C)s2)c1C. The van der Waals surface area contributed by atoms with Gasteiger partial charge in [-0.3, -0.25) is 19.2 Å². The molecule has 0 aliphatic heterocycles. The fourth-order valence-electron chi connectivity index (χ4n) is 2.96. The van der Waals surface area contributed by atoms with Gasteiger partial charge in [-0.2, -0.15) is 0 Å². The Labute approximate surface area is 161 Å². The smallest absolute Gasteiger partial charge is 0.306 e. The van der Waals surface area contributed by atoms with Gasteiger partial charge in [0.1, 0.15) is 0 Å². The standard InChI is InChI=1S/C20H23NO5S/c1-10-6-8-16(27-10)15(23)7-9-17(24)26-14(5)20(25)19-11(2)18(13(4)22)12(3)21-19/h6,8,14,21H,7,9H2,1-5H3/t14-/m1/s1. The van der Waals surface area contributed by atoms with Crippen molar-refractivity contribution in [2.75, 3.05) is 0 Å². The van der Waals surface area contributed by atoms with Crippen LogP contribution in [0.5, 0.6) is 0 Å². The molecule has 7 heteroatoms. The number of aryl methyl sites for hydroxylation is 2. The number of aromatic amines is 1. The lowest BCUT2D eigenvalue weighted by Crippen LogP contribution is -2.25. The Morgan fingerprint density at radius 1 is 1.11 bits per heavy atom. The highest BCUT2D eigenvalue weighted by Crippen LogP contribution is 2.21. The molecule has 2 heterocycles. The van der Waals surface area contributed by atoms with Gasteiger partial charge < -0.3 is 9.72 Å². The van der Waals surface area contributed by atoms with Gasteiger partial charge in [-0.1, -0.05) is 0 Å². The molecule has 2 aromatic rings. The number of rotatable bonds is 8. The Morgan fingerprint density at radius 3 is 2.30 bits per heavy atom. The first-order chi connectivity index (χ1) is 12.6. The van der Waals surface area contributed by atoms with Gasteiger partial charge in [-0.15, -0.1) is 11.3 Å². The Balaban J connectivity index is 1.96. The number of Topliss-reactive ketones (excluding diaryl/α,β-unsaturated/α-hetero) is 3. The molecule has 1 atom stereocenters. The number of nitrogens with one attached hydrogen (secondary N) is 1. The summed E-state index contributed by atoms with van der Waals surface area (Å²) in [4.78, 5) is 52.9. The van der Waals surface area contributed by atoms with Gasteiger partial charge in [0, 0.05) is 22.6 Å². The zero-order chi connectivity index (χ0) is 20.3. The molecule has 2 aromatic heterocycles. The molecule has 0 bridgehead atoms. The molecule has 0 amide bonds. The molecule has 6 nitrogen and oxygen atoms in total. The minimum Gasteiger partial charge on any atom is -0.454 e. The fourth-order valence-corrected chi connectivity index (χ4v) is 3.80. The second-order valence-corrected chi connectivity index (χ2v) is 7.80. The largest absolute Gasteiger partial charge is 0.454 e. The number of ether oxygens (including phenoxy) is 1. The van der Waals surface area contributed by atoms with Gasteiger partial charge in [0.2, 0.25) is 5.78 Å². The summed E-state index contributed by atoms with van der Waals surface area (Å²) in [5.41, 5.74) is 1.91. The van der Waals surface area contributed by atoms with Gasteiger partial charge in [0.15, 0.2) is 17.7 Å². The lowest BCUT2D eigenvalue weighted by atomic mass is 10.0. The zero-order valence-electron chi connectivity index (χ0n) is 16.1. The first kappa shape index (κ1) is 20.8. The molecule has 2 rings (SSSR count). The Hall–Kier alpha value is -2.54. The van der Waals surface area contributed by atoms with Crippen LogP contribution in [0.1, 0.15) is 73.3 Å². The van der Waals surface area contributed by atoms with Crippen LogP contribution < -0.4 is 0 Å². The maximum atomic E-state index is 12.6. The normalized spacial score (nSPS) is 11.9. The van der Waals surface area contributed by atoms with Crippen LogP contribution in [0.2, 0.25) is 0 Å². The monoisotopic (exact) mass is 389 g/mol. The van der Waals surface area contributed by atoms with E-state index in [0.717, 1.165) is 4.88 Å². The van der Waals surface area contributed by atoms with Gasteiger partial charge in [0.05, 0.1) is 17.0 Å². The molecule has 27 heavy (non-hydrogen) atoms. The maximum absolute atomic E-state index is 12.6. The number of H-pyrrole nitrogens is 1. The highest BCUT2D eigenvalue weighted by Gasteiger charge is 2.26. The average Bonchev–Trinajstić information content (AvgIpc) is 3.14. The van der Waals surface area contributed by atoms with Crippen molar-refractivity contribution in [3.63, 3.8) is 0 Å². The maximum Gasteiger partial charge on any atom is 0.306 e. The van der Waals surface area contributed by atoms with Crippen LogP contribution in [-0.4, -0.2) is 34.4 Å². The molecule has 0 aliphatic carbocycles. The summed E-state index contributed by atoms with van der Waals surface area (Å²) in [5, 5.41) is 0. The van der Waals surface area contributed by atoms with Crippen LogP contribution in [-0.2, 0) is 9.53 Å². The van der Waals surface area contributed by atoms with Crippen LogP contribution in [0.15, 0.2) is 12.1 Å². The summed E-state index contributed by atoms with van der Waals surface area (Å²) < 4.78 is 5.18. The highest BCUT2D eigenvalue weighted by atomic mass is 32.1. The first-order valence-electron chi connectivity index (χ1n) is 8.65. The quantitative estimate of drug-likeness (QED) is 0.544. The van der Waals surface area contributed by atoms with E-state index in [1.807, 2.05) is 13.0 Å². The summed E-state index contributed by atoms with van der Waals surface area (Å²) in [6, 6.07) is 3.59. The third-order valence-corrected chi connectivity index (χ3v) is 5.33. The number of thiophene rings is 1. The van der Waals surface area contributed by atoms with Crippen molar-refractivity contribution in [3.8, 4) is 0 Å². The van der Waals surface area contributed by atoms with Crippen LogP contribution in [0.25, 0.3) is 0 Å². The summed E-state index contributed by atoms with van der Waals surface area (Å²) in [6.07, 6.45) is -1.06. The molecule has 144 valence electrons. The topological polar surface area (TPSA) is 93.3 Å². The average molecular weight is 389 g/mol. The molecule has 0 fully saturated rings. The molecule has 0 saturated heterocycles. The summed E-state index contributed by atoms with van der Waals surface area (Å²) >= 11 is 1.38.